The quantitative estimate of drug-likeness (QED) is 0.360. The highest BCUT2D eigenvalue weighted by atomic mass is 16.8. The summed E-state index contributed by atoms with van der Waals surface area (Å²) in [6.45, 7) is 18.6. The number of hydrogen-bond acceptors (Lipinski definition) is 14. The van der Waals surface area contributed by atoms with Crippen LogP contribution in [0.4, 0.5) is 4.79 Å². The van der Waals surface area contributed by atoms with E-state index in [2.05, 4.69) is 0 Å². The van der Waals surface area contributed by atoms with Crippen molar-refractivity contribution in [1.29, 1.82) is 0 Å². The standard InChI is InChI=1S/C38H63NO13/c1-14-25-38(10)32(50-35(43)52-38)20(4)28-18(2)16-37(9,51-28)31(49-34-27(40)24(39(11)12)15-19(3)45-34)21(5)29(22(6)33(42)47-25)48-26-17-36(8,44-13)30(41)23(7)46-26/h19-27,29-32,34,40-41H,14-17H2,1-13H3/t19-,20+,21+,22-,23+,24+,25-,26+,27-,29+,30+,31-,32+,34+,36-,37-,38-/m1/s1. The average molecular weight is 742 g/mol. The Morgan fingerprint density at radius 2 is 1.62 bits per heavy atom. The number of fused-ring (bicyclic) bond motifs is 3. The summed E-state index contributed by atoms with van der Waals surface area (Å²) in [7, 11) is 5.36. The van der Waals surface area contributed by atoms with E-state index in [0.717, 1.165) is 5.57 Å². The van der Waals surface area contributed by atoms with Gasteiger partial charge in [-0.05, 0) is 81.0 Å². The fourth-order valence-corrected chi connectivity index (χ4v) is 9.35. The maximum absolute atomic E-state index is 14.3. The molecule has 2 bridgehead atoms. The minimum Gasteiger partial charge on any atom is -0.488 e. The average Bonchev–Trinajstić information content (AvgIpc) is 3.57. The molecule has 14 heteroatoms. The Hall–Kier alpha value is -2.04. The van der Waals surface area contributed by atoms with Crippen molar-refractivity contribution < 1.29 is 62.4 Å². The Morgan fingerprint density at radius 3 is 2.23 bits per heavy atom. The van der Waals surface area contributed by atoms with Crippen LogP contribution in [0.25, 0.3) is 0 Å². The summed E-state index contributed by atoms with van der Waals surface area (Å²) >= 11 is 0. The number of aliphatic hydroxyl groups excluding tert-OH is 2. The second kappa shape index (κ2) is 15.2. The van der Waals surface area contributed by atoms with Crippen LogP contribution in [0.1, 0.15) is 94.9 Å². The molecular formula is C38H63NO13. The molecule has 5 aliphatic heterocycles. The van der Waals surface area contributed by atoms with E-state index in [1.807, 2.05) is 60.5 Å². The van der Waals surface area contributed by atoms with Crippen molar-refractivity contribution in [2.45, 2.75) is 179 Å². The van der Waals surface area contributed by atoms with Crippen molar-refractivity contribution in [2.75, 3.05) is 21.2 Å². The molecule has 5 heterocycles. The van der Waals surface area contributed by atoms with Crippen LogP contribution in [0.15, 0.2) is 11.3 Å². The lowest BCUT2D eigenvalue weighted by atomic mass is 9.78. The molecule has 17 atom stereocenters. The maximum atomic E-state index is 14.3. The maximum Gasteiger partial charge on any atom is 0.509 e. The number of aliphatic hydroxyl groups is 2. The zero-order valence-electron chi connectivity index (χ0n) is 33.2. The first-order chi connectivity index (χ1) is 24.2. The van der Waals surface area contributed by atoms with Gasteiger partial charge in [-0.1, -0.05) is 20.8 Å². The van der Waals surface area contributed by atoms with Crippen molar-refractivity contribution in [1.82, 2.24) is 4.90 Å². The van der Waals surface area contributed by atoms with Gasteiger partial charge in [0.2, 0.25) is 0 Å². The number of carbonyl (C=O) groups is 2. The molecule has 0 aromatic heterocycles. The highest BCUT2D eigenvalue weighted by Gasteiger charge is 2.61. The molecule has 0 saturated carbocycles. The molecule has 5 aliphatic rings. The lowest BCUT2D eigenvalue weighted by molar-refractivity contribution is -0.316. The van der Waals surface area contributed by atoms with E-state index in [1.165, 1.54) is 7.11 Å². The molecule has 0 aromatic carbocycles. The largest absolute Gasteiger partial charge is 0.509 e. The monoisotopic (exact) mass is 741 g/mol. The topological polar surface area (TPSA) is 161 Å². The van der Waals surface area contributed by atoms with Gasteiger partial charge < -0.3 is 57.7 Å². The first-order valence-electron chi connectivity index (χ1n) is 18.9. The molecule has 0 aliphatic carbocycles. The number of carbonyl (C=O) groups excluding carboxylic acids is 2. The van der Waals surface area contributed by atoms with Gasteiger partial charge in [0.1, 0.15) is 35.8 Å². The molecule has 0 unspecified atom stereocenters. The second-order valence-electron chi connectivity index (χ2n) is 16.7. The van der Waals surface area contributed by atoms with Gasteiger partial charge in [-0.2, -0.15) is 0 Å². The van der Waals surface area contributed by atoms with Gasteiger partial charge in [0.15, 0.2) is 24.3 Å². The van der Waals surface area contributed by atoms with E-state index in [9.17, 15) is 19.8 Å². The Labute approximate surface area is 308 Å². The molecule has 0 amide bonds. The van der Waals surface area contributed by atoms with Crippen LogP contribution in [0.3, 0.4) is 0 Å². The molecule has 4 saturated heterocycles. The highest BCUT2D eigenvalue weighted by molar-refractivity contribution is 5.73. The Balaban J connectivity index is 1.62. The van der Waals surface area contributed by atoms with Gasteiger partial charge in [0, 0.05) is 31.9 Å². The third-order valence-electron chi connectivity index (χ3n) is 12.4. The summed E-state index contributed by atoms with van der Waals surface area (Å²) in [6, 6.07) is -0.233. The first kappa shape index (κ1) is 41.1. The lowest BCUT2D eigenvalue weighted by Crippen LogP contribution is -2.60. The van der Waals surface area contributed by atoms with Crippen LogP contribution in [-0.4, -0.2) is 133 Å². The molecule has 4 fully saturated rings. The number of rotatable bonds is 7. The summed E-state index contributed by atoms with van der Waals surface area (Å²) in [5, 5.41) is 22.6. The van der Waals surface area contributed by atoms with Crippen LogP contribution in [-0.2, 0) is 47.4 Å². The predicted octanol–water partition coefficient (Wildman–Crippen LogP) is 4.07. The van der Waals surface area contributed by atoms with E-state index in [0.29, 0.717) is 25.0 Å². The van der Waals surface area contributed by atoms with E-state index >= 15 is 0 Å². The number of hydrogen-bond donors (Lipinski definition) is 2. The van der Waals surface area contributed by atoms with Gasteiger partial charge in [0.25, 0.3) is 0 Å². The number of nitrogens with zero attached hydrogens (tertiary/aromatic N) is 1. The first-order valence-corrected chi connectivity index (χ1v) is 18.9. The van der Waals surface area contributed by atoms with Crippen molar-refractivity contribution in [3.05, 3.63) is 11.3 Å². The zero-order valence-corrected chi connectivity index (χ0v) is 33.2. The highest BCUT2D eigenvalue weighted by Crippen LogP contribution is 2.49. The molecule has 14 nitrogen and oxygen atoms in total. The molecule has 0 aromatic rings. The molecule has 0 spiro atoms. The van der Waals surface area contributed by atoms with Crippen LogP contribution in [0.5, 0.6) is 0 Å². The van der Waals surface area contributed by atoms with E-state index in [-0.39, 0.29) is 18.6 Å². The lowest BCUT2D eigenvalue weighted by Gasteiger charge is -2.48. The number of esters is 1. The summed E-state index contributed by atoms with van der Waals surface area (Å²) in [6.07, 6.45) is -7.35. The van der Waals surface area contributed by atoms with Gasteiger partial charge in [-0.25, -0.2) is 4.79 Å². The van der Waals surface area contributed by atoms with Crippen molar-refractivity contribution in [2.24, 2.45) is 17.8 Å². The van der Waals surface area contributed by atoms with E-state index < -0.39 is 102 Å². The fourth-order valence-electron chi connectivity index (χ4n) is 9.35. The SMILES string of the molecule is CC[C@H]1OC(=O)[C@H](C)[C@@H](O[C@H]2C[C@@](C)(OC)[C@@H](O)[C@H](C)O2)[C@H](C)[C@@H](O[C@@H]2O[C@H](C)C[C@H](N(C)C)[C@H]2O)[C@@]2(C)CC(C)=C(O2)[C@H](C)[C@@H]2OC(=O)O[C@]12C. The van der Waals surface area contributed by atoms with Gasteiger partial charge in [-0.3, -0.25) is 4.79 Å². The van der Waals surface area contributed by atoms with Crippen LogP contribution in [0, 0.1) is 17.8 Å². The van der Waals surface area contributed by atoms with Gasteiger partial charge in [-0.15, -0.1) is 0 Å². The fraction of sp³-hybridized carbons (Fsp3) is 0.895. The third kappa shape index (κ3) is 7.47. The molecule has 2 N–H and O–H groups in total. The van der Waals surface area contributed by atoms with E-state index in [4.69, 9.17) is 42.6 Å². The predicted molar refractivity (Wildman–Crippen MR) is 187 cm³/mol. The third-order valence-corrected chi connectivity index (χ3v) is 12.4. The van der Waals surface area contributed by atoms with Gasteiger partial charge >= 0.3 is 12.1 Å². The van der Waals surface area contributed by atoms with Crippen molar-refractivity contribution >= 4 is 12.1 Å². The number of likely N-dealkylation sites (N-methyl/N-ethyl adjacent to an activating group) is 1. The molecule has 298 valence electrons. The number of ether oxygens (including phenoxy) is 9. The Bertz CT molecular complexity index is 1340. The minimum atomic E-state index is -1.32. The van der Waals surface area contributed by atoms with Crippen LogP contribution >= 0.6 is 0 Å². The van der Waals surface area contributed by atoms with Gasteiger partial charge in [0.05, 0.1) is 35.7 Å². The molecule has 5 rings (SSSR count). The Kier molecular flexibility index (Phi) is 12.1. The summed E-state index contributed by atoms with van der Waals surface area (Å²) in [4.78, 5) is 29.1. The zero-order chi connectivity index (χ0) is 38.7. The van der Waals surface area contributed by atoms with Crippen molar-refractivity contribution in [3.63, 3.8) is 0 Å². The molecular weight excluding hydrogens is 678 g/mol. The molecule has 0 radical (unpaired) electrons. The summed E-state index contributed by atoms with van der Waals surface area (Å²) < 4.78 is 56.9. The smallest absolute Gasteiger partial charge is 0.488 e. The summed E-state index contributed by atoms with van der Waals surface area (Å²) in [5.41, 5.74) is -2.42. The van der Waals surface area contributed by atoms with Crippen molar-refractivity contribution in [3.8, 4) is 0 Å². The van der Waals surface area contributed by atoms with E-state index in [1.54, 1.807) is 27.7 Å². The second-order valence-corrected chi connectivity index (χ2v) is 16.7. The van der Waals surface area contributed by atoms with Crippen LogP contribution in [0.2, 0.25) is 0 Å². The van der Waals surface area contributed by atoms with Crippen LogP contribution < -0.4 is 0 Å². The number of cyclic esters (lactones) is 1. The molecule has 52 heavy (non-hydrogen) atoms. The Morgan fingerprint density at radius 1 is 0.942 bits per heavy atom. The minimum absolute atomic E-state index is 0.179. The normalized spacial score (nSPS) is 48.8. The number of methoxy groups -OCH3 is 1. The summed E-state index contributed by atoms with van der Waals surface area (Å²) in [5.74, 6) is -1.92.